The first-order chi connectivity index (χ1) is 15.7. The number of pyridine rings is 1. The molecule has 1 N–H and O–H groups in total. The normalized spacial score (nSPS) is 23.1. The van der Waals surface area contributed by atoms with Gasteiger partial charge in [0.25, 0.3) is 5.91 Å². The predicted molar refractivity (Wildman–Crippen MR) is 121 cm³/mol. The molecule has 1 spiro atoms. The van der Waals surface area contributed by atoms with Gasteiger partial charge in [-0.05, 0) is 49.1 Å². The largest absolute Gasteiger partial charge is 0.459 e. The standard InChI is InChI=1S/C25H30N4O4/c1-4-24(2,3)18-8-10-25(11-9-18)22(31)29(23(32)27-25)15-21(30)33-16-17-14-28-12-6-5-7-20(28)19(17)13-26/h5-7,12,14,18H,4,8-11,15-16H2,1-3H3,(H,27,32). The summed E-state index contributed by atoms with van der Waals surface area (Å²) in [6, 6.07) is 7.09. The Hall–Kier alpha value is -3.34. The summed E-state index contributed by atoms with van der Waals surface area (Å²) >= 11 is 0. The average Bonchev–Trinajstić information content (AvgIpc) is 3.28. The Balaban J connectivity index is 1.38. The van der Waals surface area contributed by atoms with Crippen LogP contribution in [0.5, 0.6) is 0 Å². The molecule has 33 heavy (non-hydrogen) atoms. The number of esters is 1. The van der Waals surface area contributed by atoms with Crippen LogP contribution < -0.4 is 5.32 Å². The van der Waals surface area contributed by atoms with E-state index in [1.807, 2.05) is 24.4 Å². The first kappa shape index (κ1) is 22.8. The van der Waals surface area contributed by atoms with Crippen molar-refractivity contribution < 1.29 is 19.1 Å². The Morgan fingerprint density at radius 2 is 2.03 bits per heavy atom. The van der Waals surface area contributed by atoms with E-state index in [2.05, 4.69) is 32.2 Å². The van der Waals surface area contributed by atoms with Gasteiger partial charge in [0.15, 0.2) is 0 Å². The third-order valence-corrected chi connectivity index (χ3v) is 7.65. The number of rotatable bonds is 6. The third kappa shape index (κ3) is 4.08. The molecule has 8 heteroatoms. The van der Waals surface area contributed by atoms with Crippen molar-refractivity contribution in [3.05, 3.63) is 41.7 Å². The molecule has 4 rings (SSSR count). The van der Waals surface area contributed by atoms with Gasteiger partial charge in [-0.15, -0.1) is 0 Å². The first-order valence-electron chi connectivity index (χ1n) is 11.5. The van der Waals surface area contributed by atoms with Gasteiger partial charge in [0, 0.05) is 18.0 Å². The van der Waals surface area contributed by atoms with Crippen LogP contribution in [0.3, 0.4) is 0 Å². The Morgan fingerprint density at radius 3 is 2.70 bits per heavy atom. The Kier molecular flexibility index (Phi) is 5.91. The molecule has 2 aromatic heterocycles. The maximum atomic E-state index is 13.1. The molecule has 0 radical (unpaired) electrons. The fourth-order valence-electron chi connectivity index (χ4n) is 5.09. The highest BCUT2D eigenvalue weighted by molar-refractivity contribution is 6.08. The van der Waals surface area contributed by atoms with Crippen molar-refractivity contribution >= 4 is 23.4 Å². The molecule has 1 saturated heterocycles. The van der Waals surface area contributed by atoms with E-state index < -0.39 is 24.1 Å². The van der Waals surface area contributed by atoms with Crippen molar-refractivity contribution in [3.63, 3.8) is 0 Å². The number of carbonyl (C=O) groups is 3. The molecule has 174 valence electrons. The van der Waals surface area contributed by atoms with Crippen molar-refractivity contribution in [2.24, 2.45) is 11.3 Å². The number of hydrogen-bond acceptors (Lipinski definition) is 5. The van der Waals surface area contributed by atoms with E-state index in [0.717, 1.165) is 29.7 Å². The minimum absolute atomic E-state index is 0.105. The van der Waals surface area contributed by atoms with Crippen LogP contribution in [0.2, 0.25) is 0 Å². The number of nitrogens with zero attached hydrogens (tertiary/aromatic N) is 3. The maximum absolute atomic E-state index is 13.1. The lowest BCUT2D eigenvalue weighted by atomic mass is 9.65. The molecule has 0 unspecified atom stereocenters. The molecule has 3 amide bonds. The number of urea groups is 1. The number of aromatic nitrogens is 1. The summed E-state index contributed by atoms with van der Waals surface area (Å²) in [6.45, 7) is 6.13. The molecule has 3 heterocycles. The molecular formula is C25H30N4O4. The summed E-state index contributed by atoms with van der Waals surface area (Å²) < 4.78 is 7.12. The highest BCUT2D eigenvalue weighted by Crippen LogP contribution is 2.45. The number of ether oxygens (including phenoxy) is 1. The molecule has 2 aliphatic rings. The fraction of sp³-hybridized carbons (Fsp3) is 0.520. The lowest BCUT2D eigenvalue weighted by Gasteiger charge is -2.42. The van der Waals surface area contributed by atoms with Crippen molar-refractivity contribution in [2.45, 2.75) is 65.0 Å². The summed E-state index contributed by atoms with van der Waals surface area (Å²) in [7, 11) is 0. The van der Waals surface area contributed by atoms with Gasteiger partial charge in [-0.2, -0.15) is 5.26 Å². The second-order valence-corrected chi connectivity index (χ2v) is 9.81. The van der Waals surface area contributed by atoms with Gasteiger partial charge in [0.1, 0.15) is 24.8 Å². The Labute approximate surface area is 193 Å². The molecule has 1 aliphatic carbocycles. The number of carbonyl (C=O) groups excluding carboxylic acids is 3. The summed E-state index contributed by atoms with van der Waals surface area (Å²) in [4.78, 5) is 39.1. The van der Waals surface area contributed by atoms with E-state index in [-0.39, 0.29) is 17.9 Å². The molecule has 2 aromatic rings. The fourth-order valence-corrected chi connectivity index (χ4v) is 5.09. The van der Waals surface area contributed by atoms with Gasteiger partial charge < -0.3 is 14.5 Å². The molecule has 1 saturated carbocycles. The van der Waals surface area contributed by atoms with Gasteiger partial charge in [-0.1, -0.05) is 33.3 Å². The van der Waals surface area contributed by atoms with Gasteiger partial charge >= 0.3 is 12.0 Å². The molecule has 0 bridgehead atoms. The van der Waals surface area contributed by atoms with Gasteiger partial charge in [-0.3, -0.25) is 14.5 Å². The van der Waals surface area contributed by atoms with Crippen LogP contribution in [-0.2, 0) is 20.9 Å². The molecule has 0 atom stereocenters. The summed E-state index contributed by atoms with van der Waals surface area (Å²) in [5.74, 6) is -0.524. The second-order valence-electron chi connectivity index (χ2n) is 9.81. The molecule has 2 fully saturated rings. The highest BCUT2D eigenvalue weighted by atomic mass is 16.5. The summed E-state index contributed by atoms with van der Waals surface area (Å²) in [5.41, 5.74) is 1.02. The van der Waals surface area contributed by atoms with Crippen molar-refractivity contribution in [3.8, 4) is 6.07 Å². The molecular weight excluding hydrogens is 420 g/mol. The summed E-state index contributed by atoms with van der Waals surface area (Å²) in [5, 5.41) is 12.3. The zero-order valence-electron chi connectivity index (χ0n) is 19.4. The van der Waals surface area contributed by atoms with E-state index >= 15 is 0 Å². The Morgan fingerprint density at radius 1 is 1.30 bits per heavy atom. The SMILES string of the molecule is CCC(C)(C)C1CCC2(CC1)NC(=O)N(CC(=O)OCc1cn3ccccc3c1C#N)C2=O. The first-order valence-corrected chi connectivity index (χ1v) is 11.5. The smallest absolute Gasteiger partial charge is 0.326 e. The molecule has 0 aromatic carbocycles. The summed E-state index contributed by atoms with van der Waals surface area (Å²) in [6.07, 6.45) is 7.51. The van der Waals surface area contributed by atoms with E-state index in [9.17, 15) is 19.6 Å². The van der Waals surface area contributed by atoms with Crippen LogP contribution in [-0.4, -0.2) is 39.3 Å². The van der Waals surface area contributed by atoms with E-state index in [1.54, 1.807) is 10.6 Å². The topological polar surface area (TPSA) is 104 Å². The van der Waals surface area contributed by atoms with Gasteiger partial charge in [0.2, 0.25) is 0 Å². The minimum Gasteiger partial charge on any atom is -0.459 e. The van der Waals surface area contributed by atoms with Crippen LogP contribution in [0.25, 0.3) is 5.52 Å². The predicted octanol–water partition coefficient (Wildman–Crippen LogP) is 3.77. The van der Waals surface area contributed by atoms with Gasteiger partial charge in [0.05, 0.1) is 11.1 Å². The number of nitrogens with one attached hydrogen (secondary N) is 1. The second kappa shape index (κ2) is 8.54. The quantitative estimate of drug-likeness (QED) is 0.533. The number of nitriles is 1. The van der Waals surface area contributed by atoms with E-state index in [0.29, 0.717) is 29.9 Å². The van der Waals surface area contributed by atoms with Crippen molar-refractivity contribution in [1.29, 1.82) is 5.26 Å². The van der Waals surface area contributed by atoms with Crippen LogP contribution in [0.4, 0.5) is 4.79 Å². The maximum Gasteiger partial charge on any atom is 0.326 e. The molecule has 1 aliphatic heterocycles. The number of fused-ring (bicyclic) bond motifs is 1. The number of imide groups is 1. The van der Waals surface area contributed by atoms with Crippen LogP contribution in [0, 0.1) is 22.7 Å². The molecule has 8 nitrogen and oxygen atoms in total. The monoisotopic (exact) mass is 450 g/mol. The average molecular weight is 451 g/mol. The number of hydrogen-bond donors (Lipinski definition) is 1. The van der Waals surface area contributed by atoms with Crippen molar-refractivity contribution in [1.82, 2.24) is 14.6 Å². The highest BCUT2D eigenvalue weighted by Gasteiger charge is 2.53. The van der Waals surface area contributed by atoms with E-state index in [4.69, 9.17) is 4.74 Å². The number of amides is 3. The van der Waals surface area contributed by atoms with Crippen LogP contribution in [0.1, 0.15) is 64.0 Å². The third-order valence-electron chi connectivity index (χ3n) is 7.65. The Bertz CT molecular complexity index is 1130. The van der Waals surface area contributed by atoms with E-state index in [1.165, 1.54) is 0 Å². The zero-order chi connectivity index (χ0) is 23.8. The minimum atomic E-state index is -0.911. The van der Waals surface area contributed by atoms with Crippen molar-refractivity contribution in [2.75, 3.05) is 6.54 Å². The lowest BCUT2D eigenvalue weighted by Crippen LogP contribution is -2.51. The lowest BCUT2D eigenvalue weighted by molar-refractivity contribution is -0.149. The zero-order valence-corrected chi connectivity index (χ0v) is 19.4. The van der Waals surface area contributed by atoms with Gasteiger partial charge in [-0.25, -0.2) is 4.79 Å². The van der Waals surface area contributed by atoms with Crippen LogP contribution >= 0.6 is 0 Å². The van der Waals surface area contributed by atoms with Crippen LogP contribution in [0.15, 0.2) is 30.6 Å².